The van der Waals surface area contributed by atoms with Crippen LogP contribution in [0.5, 0.6) is 11.5 Å². The number of hydrogen-bond donors (Lipinski definition) is 2. The number of thioether (sulfide) groups is 1. The largest absolute Gasteiger partial charge is 0.493 e. The number of benzene rings is 1. The van der Waals surface area contributed by atoms with Crippen LogP contribution in [0.4, 0.5) is 5.69 Å². The molecular formula is C46H64Cl2IN3O12S. The Balaban J connectivity index is 1.41. The molecular weight excluding hydrogens is 1020 g/mol. The van der Waals surface area contributed by atoms with Gasteiger partial charge < -0.3 is 48.5 Å². The number of nitrogens with one attached hydrogen (secondary N) is 1. The lowest BCUT2D eigenvalue weighted by molar-refractivity contribution is -0.288. The van der Waals surface area contributed by atoms with Crippen molar-refractivity contribution in [3.8, 4) is 11.5 Å². The summed E-state index contributed by atoms with van der Waals surface area (Å²) in [6, 6.07) is 5.08. The van der Waals surface area contributed by atoms with E-state index in [-0.39, 0.29) is 37.4 Å². The monoisotopic (exact) mass is 1080 g/mol. The van der Waals surface area contributed by atoms with E-state index in [9.17, 15) is 24.3 Å². The Hall–Kier alpha value is -2.49. The molecule has 1 aromatic carbocycles. The molecule has 362 valence electrons. The summed E-state index contributed by atoms with van der Waals surface area (Å²) in [7, 11) is 6.74. The zero-order valence-corrected chi connectivity index (χ0v) is 43.4. The summed E-state index contributed by atoms with van der Waals surface area (Å²) < 4.78 is 42.1. The molecule has 3 saturated heterocycles. The third kappa shape index (κ3) is 11.9. The summed E-state index contributed by atoms with van der Waals surface area (Å²) in [4.78, 5) is 63.2. The number of methoxy groups -OCH3 is 2. The standard InChI is InChI=1S/C46H64Cl2IN3O12S/c1-12-34-46(7)35(40(43(57)64-46)65-16-15-60-33-18-27(13-14-32(33)58-10)51-20-28-29(47)21-50-22-30(28)48)25(4)37(53)23(2)19-45(6,59-11)41(36(49)38(54)26(5)42(56)62-34)63-44-39(55)31(52(8)9)17-24(3)61-44/h13-14,18,21-26,31,34-36,39-41,44,51,55H,12,15-17,19-20H2,1-11H3/t23-,24-,25-,26-,31+,34-,35+,36+,39-,40+,41-,44?,45-,46-/m1/s1. The number of ether oxygens (including phenoxy) is 7. The number of Topliss-reactive ketones (excluding diaryl/α,β-unsaturated/α-hetero) is 2. The van der Waals surface area contributed by atoms with Gasteiger partial charge in [0.2, 0.25) is 0 Å². The smallest absolute Gasteiger partial charge is 0.320 e. The van der Waals surface area contributed by atoms with Crippen molar-refractivity contribution in [3.63, 3.8) is 0 Å². The third-order valence-corrected chi connectivity index (χ3v) is 16.3. The molecule has 0 saturated carbocycles. The van der Waals surface area contributed by atoms with Crippen LogP contribution in [-0.2, 0) is 49.4 Å². The number of aliphatic hydroxyl groups excluding tert-OH is 1. The lowest BCUT2D eigenvalue weighted by atomic mass is 9.71. The molecule has 2 N–H and O–H groups in total. The normalized spacial score (nSPS) is 35.0. The highest BCUT2D eigenvalue weighted by Gasteiger charge is 2.61. The number of rotatable bonds is 14. The van der Waals surface area contributed by atoms with Crippen LogP contribution in [0.15, 0.2) is 30.6 Å². The van der Waals surface area contributed by atoms with Crippen molar-refractivity contribution < 1.29 is 57.4 Å². The number of anilines is 1. The lowest BCUT2D eigenvalue weighted by Crippen LogP contribution is -2.60. The van der Waals surface area contributed by atoms with E-state index in [1.165, 1.54) is 45.3 Å². The number of ketones is 2. The van der Waals surface area contributed by atoms with Crippen LogP contribution >= 0.6 is 57.6 Å². The Morgan fingerprint density at radius 2 is 1.69 bits per heavy atom. The number of pyridine rings is 1. The fourth-order valence-corrected chi connectivity index (χ4v) is 12.6. The Morgan fingerprint density at radius 3 is 2.31 bits per heavy atom. The van der Waals surface area contributed by atoms with Crippen LogP contribution in [0.25, 0.3) is 0 Å². The number of nitrogens with zero attached hydrogens (tertiary/aromatic N) is 2. The van der Waals surface area contributed by atoms with Crippen molar-refractivity contribution in [2.24, 2.45) is 23.7 Å². The number of likely N-dealkylation sites (N-methyl/N-ethyl adjacent to an activating group) is 1. The molecule has 0 amide bonds. The van der Waals surface area contributed by atoms with Gasteiger partial charge in [0.1, 0.15) is 35.3 Å². The molecule has 4 heterocycles. The minimum absolute atomic E-state index is 0.0951. The molecule has 3 aliphatic heterocycles. The molecule has 1 aromatic heterocycles. The zero-order valence-electron chi connectivity index (χ0n) is 38.9. The average molecular weight is 1080 g/mol. The number of aliphatic hydroxyl groups is 1. The van der Waals surface area contributed by atoms with Gasteiger partial charge in [-0.15, -0.1) is 11.8 Å². The second-order valence-corrected chi connectivity index (χ2v) is 21.3. The van der Waals surface area contributed by atoms with Gasteiger partial charge in [0.05, 0.1) is 39.4 Å². The van der Waals surface area contributed by atoms with E-state index < -0.39 is 86.4 Å². The van der Waals surface area contributed by atoms with Crippen LogP contribution < -0.4 is 14.8 Å². The molecule has 14 atom stereocenters. The van der Waals surface area contributed by atoms with Crippen molar-refractivity contribution in [2.45, 2.75) is 131 Å². The molecule has 3 fully saturated rings. The SMILES string of the molecule is CC[C@H]1OC(=O)[C@H](C)C(=O)[C@H](I)[C@@H](OC2O[C@H](C)C[C@H](N(C)C)[C@H]2O)[C@](C)(OC)C[C@@H](C)C(=O)[C@H](C)[C@H]2[C@H](SCCOc3cc(NCc4c(Cl)cncc4Cl)ccc3OC)C(=O)O[C@@]21C. The minimum atomic E-state index is -1.43. The van der Waals surface area contributed by atoms with Gasteiger partial charge in [-0.25, -0.2) is 0 Å². The maximum absolute atomic E-state index is 14.8. The van der Waals surface area contributed by atoms with Crippen LogP contribution in [-0.4, -0.2) is 136 Å². The number of hydrogen-bond acceptors (Lipinski definition) is 16. The zero-order chi connectivity index (χ0) is 48.1. The third-order valence-electron chi connectivity index (χ3n) is 13.2. The quantitative estimate of drug-likeness (QED) is 0.0636. The molecule has 0 radical (unpaired) electrons. The van der Waals surface area contributed by atoms with Gasteiger partial charge in [0.25, 0.3) is 0 Å². The summed E-state index contributed by atoms with van der Waals surface area (Å²) in [6.45, 7) is 12.7. The van der Waals surface area contributed by atoms with Gasteiger partial charge in [0, 0.05) is 72.9 Å². The topological polar surface area (TPSA) is 181 Å². The van der Waals surface area contributed by atoms with E-state index in [0.717, 1.165) is 0 Å². The first-order chi connectivity index (χ1) is 30.6. The van der Waals surface area contributed by atoms with Crippen molar-refractivity contribution >= 4 is 86.7 Å². The summed E-state index contributed by atoms with van der Waals surface area (Å²) in [5.41, 5.74) is -1.33. The number of halogens is 3. The molecule has 0 aliphatic carbocycles. The molecule has 0 spiro atoms. The van der Waals surface area contributed by atoms with Crippen LogP contribution in [0.2, 0.25) is 10.0 Å². The maximum atomic E-state index is 14.8. The van der Waals surface area contributed by atoms with Gasteiger partial charge >= 0.3 is 11.9 Å². The highest BCUT2D eigenvalue weighted by atomic mass is 127. The first-order valence-electron chi connectivity index (χ1n) is 21.9. The van der Waals surface area contributed by atoms with E-state index in [1.807, 2.05) is 54.6 Å². The van der Waals surface area contributed by atoms with Gasteiger partial charge in [-0.1, -0.05) is 66.6 Å². The highest BCUT2D eigenvalue weighted by Crippen LogP contribution is 2.49. The Kier molecular flexibility index (Phi) is 18.7. The number of esters is 2. The van der Waals surface area contributed by atoms with Gasteiger partial charge in [-0.2, -0.15) is 0 Å². The van der Waals surface area contributed by atoms with E-state index in [4.69, 9.17) is 56.4 Å². The molecule has 19 heteroatoms. The van der Waals surface area contributed by atoms with Crippen LogP contribution in [0, 0.1) is 23.7 Å². The predicted octanol–water partition coefficient (Wildman–Crippen LogP) is 7.21. The molecule has 2 aromatic rings. The first-order valence-corrected chi connectivity index (χ1v) is 25.0. The van der Waals surface area contributed by atoms with E-state index in [1.54, 1.807) is 46.8 Å². The Morgan fingerprint density at radius 1 is 1.02 bits per heavy atom. The second kappa shape index (κ2) is 22.7. The van der Waals surface area contributed by atoms with Crippen molar-refractivity contribution in [1.82, 2.24) is 9.88 Å². The number of fused-ring (bicyclic) bond motifs is 1. The van der Waals surface area contributed by atoms with Crippen molar-refractivity contribution in [2.75, 3.05) is 46.0 Å². The second-order valence-electron chi connectivity index (χ2n) is 17.9. The molecule has 5 rings (SSSR count). The van der Waals surface area contributed by atoms with Crippen molar-refractivity contribution in [1.29, 1.82) is 0 Å². The van der Waals surface area contributed by atoms with Gasteiger partial charge in [-0.3, -0.25) is 24.2 Å². The highest BCUT2D eigenvalue weighted by molar-refractivity contribution is 14.1. The molecule has 1 unspecified atom stereocenters. The summed E-state index contributed by atoms with van der Waals surface area (Å²) >= 11 is 15.9. The fraction of sp³-hybridized carbons (Fsp3) is 0.674. The number of cyclic esters (lactones) is 1. The van der Waals surface area contributed by atoms with Gasteiger partial charge in [-0.05, 0) is 73.2 Å². The van der Waals surface area contributed by atoms with E-state index in [2.05, 4.69) is 10.3 Å². The van der Waals surface area contributed by atoms with E-state index >= 15 is 0 Å². The molecule has 15 nitrogen and oxygen atoms in total. The maximum Gasteiger partial charge on any atom is 0.320 e. The van der Waals surface area contributed by atoms with Crippen molar-refractivity contribution in [3.05, 3.63) is 46.2 Å². The lowest BCUT2D eigenvalue weighted by Gasteiger charge is -2.46. The molecule has 3 aliphatic rings. The number of carbonyl (C=O) groups is 4. The number of carbonyl (C=O) groups excluding carboxylic acids is 4. The molecule has 0 bridgehead atoms. The summed E-state index contributed by atoms with van der Waals surface area (Å²) in [5.74, 6) is -4.24. The first kappa shape index (κ1) is 53.5. The van der Waals surface area contributed by atoms with Crippen LogP contribution in [0.1, 0.15) is 73.3 Å². The predicted molar refractivity (Wildman–Crippen MR) is 257 cm³/mol. The van der Waals surface area contributed by atoms with Crippen LogP contribution in [0.3, 0.4) is 0 Å². The Labute approximate surface area is 410 Å². The van der Waals surface area contributed by atoms with Gasteiger partial charge in [0.15, 0.2) is 29.2 Å². The average Bonchev–Trinajstić information content (AvgIpc) is 3.53. The number of alkyl halides is 1. The number of aromatic nitrogens is 1. The van der Waals surface area contributed by atoms with E-state index in [0.29, 0.717) is 51.5 Å². The Bertz CT molecular complexity index is 2000. The summed E-state index contributed by atoms with van der Waals surface area (Å²) in [6.07, 6.45) is -0.654. The molecule has 65 heavy (non-hydrogen) atoms. The minimum Gasteiger partial charge on any atom is -0.493 e. The fourth-order valence-electron chi connectivity index (χ4n) is 9.35. The summed E-state index contributed by atoms with van der Waals surface area (Å²) in [5, 5.41) is 14.8.